The van der Waals surface area contributed by atoms with Crippen molar-refractivity contribution in [2.75, 3.05) is 0 Å². The first-order valence-electron chi connectivity index (χ1n) is 4.87. The Morgan fingerprint density at radius 2 is 1.88 bits per heavy atom. The van der Waals surface area contributed by atoms with Crippen LogP contribution in [0.5, 0.6) is 0 Å². The fraction of sp³-hybridized carbons (Fsp3) is 0.273. The Bertz CT molecular complexity index is 437. The van der Waals surface area contributed by atoms with Crippen molar-refractivity contribution in [2.24, 2.45) is 0 Å². The molecule has 6 nitrogen and oxygen atoms in total. The third-order valence-corrected chi connectivity index (χ3v) is 2.06. The molecule has 0 atom stereocenters. The summed E-state index contributed by atoms with van der Waals surface area (Å²) in [6, 6.07) is 5.09. The van der Waals surface area contributed by atoms with Crippen LogP contribution in [0.4, 0.5) is 0 Å². The fourth-order valence-electron chi connectivity index (χ4n) is 1.06. The minimum Gasteiger partial charge on any atom is -0.478 e. The van der Waals surface area contributed by atoms with Gasteiger partial charge in [0.05, 0.1) is 11.1 Å². The van der Waals surface area contributed by atoms with Crippen molar-refractivity contribution in [1.29, 1.82) is 0 Å². The van der Waals surface area contributed by atoms with Crippen LogP contribution < -0.4 is 0 Å². The molecule has 0 amide bonds. The average Bonchev–Trinajstić information content (AvgIpc) is 2.28. The summed E-state index contributed by atoms with van der Waals surface area (Å²) in [6.45, 7) is 1.42. The lowest BCUT2D eigenvalue weighted by Crippen LogP contribution is -2.33. The zero-order valence-corrected chi connectivity index (χ0v) is 9.08. The van der Waals surface area contributed by atoms with Crippen LogP contribution in [-0.2, 0) is 4.74 Å². The van der Waals surface area contributed by atoms with E-state index in [1.807, 2.05) is 0 Å². The van der Waals surface area contributed by atoms with Crippen molar-refractivity contribution in [1.82, 2.24) is 0 Å². The van der Waals surface area contributed by atoms with Crippen LogP contribution in [0.1, 0.15) is 34.1 Å². The molecule has 0 unspecified atom stereocenters. The molecule has 1 aromatic carbocycles. The number of ether oxygens (including phenoxy) is 1. The third-order valence-electron chi connectivity index (χ3n) is 2.06. The summed E-state index contributed by atoms with van der Waals surface area (Å²) in [6.07, 6.45) is -0.197. The van der Waals surface area contributed by atoms with Gasteiger partial charge in [0.1, 0.15) is 0 Å². The molecular weight excluding hydrogens is 228 g/mol. The van der Waals surface area contributed by atoms with Crippen LogP contribution in [-0.4, -0.2) is 33.2 Å². The van der Waals surface area contributed by atoms with Crippen LogP contribution in [0.2, 0.25) is 0 Å². The molecule has 0 radical (unpaired) electrons. The number of hydrogen-bond acceptors (Lipinski definition) is 5. The first-order chi connectivity index (χ1) is 7.85. The highest BCUT2D eigenvalue weighted by Crippen LogP contribution is 2.13. The predicted octanol–water partition coefficient (Wildman–Crippen LogP) is 0.590. The molecule has 0 aliphatic rings. The second-order valence-electron chi connectivity index (χ2n) is 3.37. The van der Waals surface area contributed by atoms with Gasteiger partial charge in [-0.05, 0) is 18.2 Å². The highest BCUT2D eigenvalue weighted by molar-refractivity contribution is 5.94. The second kappa shape index (κ2) is 4.94. The van der Waals surface area contributed by atoms with Crippen molar-refractivity contribution >= 4 is 11.9 Å². The predicted molar refractivity (Wildman–Crippen MR) is 56.3 cm³/mol. The Labute approximate surface area is 97.1 Å². The van der Waals surface area contributed by atoms with E-state index in [2.05, 4.69) is 4.74 Å². The number of rotatable bonds is 4. The van der Waals surface area contributed by atoms with Crippen molar-refractivity contribution in [2.45, 2.75) is 19.3 Å². The molecule has 0 spiro atoms. The van der Waals surface area contributed by atoms with Gasteiger partial charge in [-0.1, -0.05) is 13.0 Å². The fourth-order valence-corrected chi connectivity index (χ4v) is 1.06. The number of hydrogen-bond donors (Lipinski definition) is 3. The zero-order chi connectivity index (χ0) is 13.1. The van der Waals surface area contributed by atoms with Gasteiger partial charge in [-0.3, -0.25) is 0 Å². The summed E-state index contributed by atoms with van der Waals surface area (Å²) < 4.78 is 4.39. The normalized spacial score (nSPS) is 11.0. The minimum atomic E-state index is -2.55. The molecule has 6 heteroatoms. The SMILES string of the molecule is CCC(O)(O)OC(=O)c1cccc(C(=O)O)c1. The Morgan fingerprint density at radius 3 is 2.41 bits per heavy atom. The van der Waals surface area contributed by atoms with Gasteiger partial charge < -0.3 is 20.1 Å². The number of carbonyl (C=O) groups excluding carboxylic acids is 1. The number of esters is 1. The van der Waals surface area contributed by atoms with E-state index in [1.54, 1.807) is 0 Å². The average molecular weight is 240 g/mol. The van der Waals surface area contributed by atoms with E-state index in [0.29, 0.717) is 0 Å². The molecule has 0 heterocycles. The molecular formula is C11H12O6. The van der Waals surface area contributed by atoms with Gasteiger partial charge in [0.15, 0.2) is 0 Å². The Balaban J connectivity index is 2.90. The van der Waals surface area contributed by atoms with Gasteiger partial charge in [0.25, 0.3) is 0 Å². The topological polar surface area (TPSA) is 104 Å². The van der Waals surface area contributed by atoms with E-state index in [-0.39, 0.29) is 17.5 Å². The molecule has 0 fully saturated rings. The molecule has 0 bridgehead atoms. The molecule has 3 N–H and O–H groups in total. The Kier molecular flexibility index (Phi) is 3.82. The highest BCUT2D eigenvalue weighted by Gasteiger charge is 2.26. The van der Waals surface area contributed by atoms with Crippen molar-refractivity contribution in [3.8, 4) is 0 Å². The first kappa shape index (κ1) is 13.1. The monoisotopic (exact) mass is 240 g/mol. The van der Waals surface area contributed by atoms with E-state index in [9.17, 15) is 9.59 Å². The molecule has 0 saturated heterocycles. The summed E-state index contributed by atoms with van der Waals surface area (Å²) in [7, 11) is 0. The number of carbonyl (C=O) groups is 2. The molecule has 0 aliphatic carbocycles. The molecule has 0 saturated carbocycles. The van der Waals surface area contributed by atoms with Gasteiger partial charge in [-0.15, -0.1) is 0 Å². The molecule has 1 aromatic rings. The highest BCUT2D eigenvalue weighted by atomic mass is 16.8. The second-order valence-corrected chi connectivity index (χ2v) is 3.37. The Hall–Kier alpha value is -1.92. The largest absolute Gasteiger partial charge is 0.478 e. The molecule has 0 aromatic heterocycles. The summed E-state index contributed by atoms with van der Waals surface area (Å²) in [5.74, 6) is -4.73. The lowest BCUT2D eigenvalue weighted by atomic mass is 10.1. The number of carboxylic acid groups (broad SMARTS) is 1. The van der Waals surface area contributed by atoms with Crippen LogP contribution in [0.15, 0.2) is 24.3 Å². The zero-order valence-electron chi connectivity index (χ0n) is 9.08. The smallest absolute Gasteiger partial charge is 0.342 e. The summed E-state index contributed by atoms with van der Waals surface area (Å²) in [4.78, 5) is 22.1. The molecule has 92 valence electrons. The van der Waals surface area contributed by atoms with Gasteiger partial charge in [0.2, 0.25) is 0 Å². The van der Waals surface area contributed by atoms with Crippen LogP contribution in [0.3, 0.4) is 0 Å². The van der Waals surface area contributed by atoms with E-state index in [0.717, 1.165) is 6.07 Å². The number of benzene rings is 1. The molecule has 0 aliphatic heterocycles. The van der Waals surface area contributed by atoms with E-state index in [1.165, 1.54) is 25.1 Å². The van der Waals surface area contributed by atoms with Crippen LogP contribution in [0.25, 0.3) is 0 Å². The lowest BCUT2D eigenvalue weighted by molar-refractivity contribution is -0.308. The maximum Gasteiger partial charge on any atom is 0.342 e. The van der Waals surface area contributed by atoms with Gasteiger partial charge >= 0.3 is 17.9 Å². The van der Waals surface area contributed by atoms with E-state index < -0.39 is 17.9 Å². The summed E-state index contributed by atoms with van der Waals surface area (Å²) in [5.41, 5.74) is -0.150. The minimum absolute atomic E-state index is 0.0641. The lowest BCUT2D eigenvalue weighted by Gasteiger charge is -2.19. The first-order valence-corrected chi connectivity index (χ1v) is 4.87. The maximum absolute atomic E-state index is 11.5. The maximum atomic E-state index is 11.5. The van der Waals surface area contributed by atoms with Crippen molar-refractivity contribution < 1.29 is 29.6 Å². The van der Waals surface area contributed by atoms with Gasteiger partial charge in [0, 0.05) is 6.42 Å². The summed E-state index contributed by atoms with van der Waals surface area (Å²) >= 11 is 0. The number of aromatic carboxylic acids is 1. The van der Waals surface area contributed by atoms with Crippen molar-refractivity contribution in [3.63, 3.8) is 0 Å². The van der Waals surface area contributed by atoms with E-state index in [4.69, 9.17) is 15.3 Å². The molecule has 17 heavy (non-hydrogen) atoms. The van der Waals surface area contributed by atoms with Crippen LogP contribution in [0, 0.1) is 0 Å². The number of aliphatic hydroxyl groups is 2. The van der Waals surface area contributed by atoms with Crippen molar-refractivity contribution in [3.05, 3.63) is 35.4 Å². The Morgan fingerprint density at radius 1 is 1.29 bits per heavy atom. The molecule has 1 rings (SSSR count). The standard InChI is InChI=1S/C11H12O6/c1-2-11(15,16)17-10(14)8-5-3-4-7(6-8)9(12)13/h3-6,15-16H,2H2,1H3,(H,12,13). The summed E-state index contributed by atoms with van der Waals surface area (Å²) in [5, 5.41) is 27.0. The van der Waals surface area contributed by atoms with Crippen LogP contribution >= 0.6 is 0 Å². The number of carboxylic acids is 1. The quantitative estimate of drug-likeness (QED) is 0.525. The van der Waals surface area contributed by atoms with Gasteiger partial charge in [-0.25, -0.2) is 9.59 Å². The third kappa shape index (κ3) is 3.54. The van der Waals surface area contributed by atoms with Gasteiger partial charge in [-0.2, -0.15) is 0 Å². The van der Waals surface area contributed by atoms with E-state index >= 15 is 0 Å².